The normalized spacial score (nSPS) is 19.0. The van der Waals surface area contributed by atoms with Gasteiger partial charge < -0.3 is 15.0 Å². The highest BCUT2D eigenvalue weighted by molar-refractivity contribution is 5.96. The molecule has 0 bridgehead atoms. The van der Waals surface area contributed by atoms with Crippen molar-refractivity contribution in [1.82, 2.24) is 10.2 Å². The third kappa shape index (κ3) is 3.88. The Bertz CT molecular complexity index is 815. The number of allylic oxidation sites excluding steroid dienone is 2. The van der Waals surface area contributed by atoms with Gasteiger partial charge in [0, 0.05) is 31.3 Å². The Morgan fingerprint density at radius 2 is 1.96 bits per heavy atom. The molecule has 2 aliphatic rings. The summed E-state index contributed by atoms with van der Waals surface area (Å²) in [4.78, 5) is 26.1. The fourth-order valence-corrected chi connectivity index (χ4v) is 3.84. The zero-order valence-electron chi connectivity index (χ0n) is 16.0. The molecular formula is C22H26N2O3. The zero-order chi connectivity index (χ0) is 19.4. The second kappa shape index (κ2) is 7.92. The Balaban J connectivity index is 1.70. The van der Waals surface area contributed by atoms with Gasteiger partial charge in [-0.3, -0.25) is 9.59 Å². The van der Waals surface area contributed by atoms with Gasteiger partial charge in [-0.15, -0.1) is 0 Å². The first kappa shape index (κ1) is 19.1. The van der Waals surface area contributed by atoms with Gasteiger partial charge in [-0.05, 0) is 43.0 Å². The first-order chi connectivity index (χ1) is 13.0. The van der Waals surface area contributed by atoms with Crippen LogP contribution in [-0.4, -0.2) is 29.8 Å². The first-order valence-corrected chi connectivity index (χ1v) is 9.29. The summed E-state index contributed by atoms with van der Waals surface area (Å²) >= 11 is 0. The summed E-state index contributed by atoms with van der Waals surface area (Å²) in [5.74, 6) is -0.232. The number of nitrogens with one attached hydrogen (secondary N) is 1. The minimum atomic E-state index is -0.262. The standard InChI is InChI=1S/C22H26N2O3/c1-4-17(14-19(5-2)23-16(3)25)21(26)24-12-10-22(11-13-24)20-9-7-6-8-18(20)15-27-22/h4-9,14H,2,10-13,15H2,1,3H3,(H,23,25)/b17-4+,19-14+. The predicted molar refractivity (Wildman–Crippen MR) is 105 cm³/mol. The molecule has 142 valence electrons. The van der Waals surface area contributed by atoms with E-state index in [4.69, 9.17) is 4.74 Å². The van der Waals surface area contributed by atoms with Crippen molar-refractivity contribution in [1.29, 1.82) is 0 Å². The number of hydrogen-bond donors (Lipinski definition) is 1. The number of nitrogens with zero attached hydrogens (tertiary/aromatic N) is 1. The summed E-state index contributed by atoms with van der Waals surface area (Å²) in [6.07, 6.45) is 6.54. The average Bonchev–Trinajstić information content (AvgIpc) is 3.03. The van der Waals surface area contributed by atoms with E-state index in [0.717, 1.165) is 12.8 Å². The fourth-order valence-electron chi connectivity index (χ4n) is 3.84. The molecule has 2 aliphatic heterocycles. The van der Waals surface area contributed by atoms with Crippen molar-refractivity contribution in [2.24, 2.45) is 0 Å². The molecule has 0 atom stereocenters. The van der Waals surface area contributed by atoms with Crippen LogP contribution < -0.4 is 5.32 Å². The number of rotatable bonds is 4. The van der Waals surface area contributed by atoms with E-state index in [0.29, 0.717) is 31.0 Å². The van der Waals surface area contributed by atoms with E-state index in [2.05, 4.69) is 24.0 Å². The summed E-state index contributed by atoms with van der Waals surface area (Å²) in [7, 11) is 0. The highest BCUT2D eigenvalue weighted by Gasteiger charge is 2.43. The summed E-state index contributed by atoms with van der Waals surface area (Å²) in [6, 6.07) is 8.35. The first-order valence-electron chi connectivity index (χ1n) is 9.29. The van der Waals surface area contributed by atoms with Crippen LogP contribution in [0, 0.1) is 0 Å². The molecule has 27 heavy (non-hydrogen) atoms. The van der Waals surface area contributed by atoms with Gasteiger partial charge in [0.25, 0.3) is 5.91 Å². The minimum Gasteiger partial charge on any atom is -0.365 e. The number of carbonyl (C=O) groups is 2. The van der Waals surface area contributed by atoms with Crippen LogP contribution in [0.25, 0.3) is 0 Å². The van der Waals surface area contributed by atoms with Gasteiger partial charge in [-0.1, -0.05) is 36.9 Å². The summed E-state index contributed by atoms with van der Waals surface area (Å²) < 4.78 is 6.17. The number of benzene rings is 1. The van der Waals surface area contributed by atoms with Crippen molar-refractivity contribution in [2.45, 2.75) is 38.9 Å². The largest absolute Gasteiger partial charge is 0.365 e. The van der Waals surface area contributed by atoms with Crippen molar-refractivity contribution in [3.05, 3.63) is 71.5 Å². The Labute approximate surface area is 160 Å². The maximum absolute atomic E-state index is 12.9. The molecule has 1 N–H and O–H groups in total. The Morgan fingerprint density at radius 1 is 1.26 bits per heavy atom. The summed E-state index contributed by atoms with van der Waals surface area (Å²) in [5, 5.41) is 2.68. The van der Waals surface area contributed by atoms with Gasteiger partial charge in [-0.2, -0.15) is 0 Å². The summed E-state index contributed by atoms with van der Waals surface area (Å²) in [6.45, 7) is 8.87. The van der Waals surface area contributed by atoms with E-state index in [-0.39, 0.29) is 17.4 Å². The van der Waals surface area contributed by atoms with Gasteiger partial charge in [-0.25, -0.2) is 0 Å². The number of ether oxygens (including phenoxy) is 1. The van der Waals surface area contributed by atoms with Gasteiger partial charge in [0.15, 0.2) is 0 Å². The van der Waals surface area contributed by atoms with Crippen LogP contribution in [-0.2, 0) is 26.5 Å². The SMILES string of the molecule is C=C/C(=C\C(=C/C)C(=O)N1CCC2(CC1)OCc1ccccc12)NC(C)=O. The number of hydrogen-bond acceptors (Lipinski definition) is 3. The molecule has 1 spiro atoms. The van der Waals surface area contributed by atoms with Gasteiger partial charge in [0.1, 0.15) is 0 Å². The van der Waals surface area contributed by atoms with Gasteiger partial charge in [0.2, 0.25) is 5.91 Å². The lowest BCUT2D eigenvalue weighted by molar-refractivity contribution is -0.134. The number of amides is 2. The molecule has 5 nitrogen and oxygen atoms in total. The number of piperidine rings is 1. The molecular weight excluding hydrogens is 340 g/mol. The Kier molecular flexibility index (Phi) is 5.61. The second-order valence-electron chi connectivity index (χ2n) is 6.96. The van der Waals surface area contributed by atoms with Crippen LogP contribution in [0.3, 0.4) is 0 Å². The summed E-state index contributed by atoms with van der Waals surface area (Å²) in [5.41, 5.74) is 3.32. The van der Waals surface area contributed by atoms with Crippen molar-refractivity contribution in [3.63, 3.8) is 0 Å². The van der Waals surface area contributed by atoms with E-state index in [1.165, 1.54) is 24.1 Å². The molecule has 1 aromatic rings. The van der Waals surface area contributed by atoms with Crippen LogP contribution in [0.5, 0.6) is 0 Å². The third-order valence-electron chi connectivity index (χ3n) is 5.28. The van der Waals surface area contributed by atoms with Crippen LogP contribution in [0.2, 0.25) is 0 Å². The van der Waals surface area contributed by atoms with Crippen LogP contribution in [0.4, 0.5) is 0 Å². The van der Waals surface area contributed by atoms with Gasteiger partial charge >= 0.3 is 0 Å². The van der Waals surface area contributed by atoms with E-state index >= 15 is 0 Å². The van der Waals surface area contributed by atoms with Crippen molar-refractivity contribution < 1.29 is 14.3 Å². The lowest BCUT2D eigenvalue weighted by Crippen LogP contribution is -2.45. The van der Waals surface area contributed by atoms with Crippen molar-refractivity contribution >= 4 is 11.8 Å². The predicted octanol–water partition coefficient (Wildman–Crippen LogP) is 3.19. The van der Waals surface area contributed by atoms with Crippen molar-refractivity contribution in [2.75, 3.05) is 13.1 Å². The molecule has 0 aliphatic carbocycles. The highest BCUT2D eigenvalue weighted by Crippen LogP contribution is 2.44. The zero-order valence-corrected chi connectivity index (χ0v) is 16.0. The highest BCUT2D eigenvalue weighted by atomic mass is 16.5. The van der Waals surface area contributed by atoms with Gasteiger partial charge in [0.05, 0.1) is 12.2 Å². The van der Waals surface area contributed by atoms with Crippen LogP contribution >= 0.6 is 0 Å². The number of fused-ring (bicyclic) bond motifs is 2. The van der Waals surface area contributed by atoms with E-state index < -0.39 is 0 Å². The minimum absolute atomic E-state index is 0.0386. The maximum Gasteiger partial charge on any atom is 0.253 e. The molecule has 1 aromatic carbocycles. The molecule has 0 saturated carbocycles. The fraction of sp³-hybridized carbons (Fsp3) is 0.364. The average molecular weight is 366 g/mol. The molecule has 0 unspecified atom stereocenters. The topological polar surface area (TPSA) is 58.6 Å². The second-order valence-corrected chi connectivity index (χ2v) is 6.96. The van der Waals surface area contributed by atoms with E-state index in [9.17, 15) is 9.59 Å². The number of carbonyl (C=O) groups excluding carboxylic acids is 2. The third-order valence-corrected chi connectivity index (χ3v) is 5.28. The maximum atomic E-state index is 12.9. The Morgan fingerprint density at radius 3 is 2.59 bits per heavy atom. The van der Waals surface area contributed by atoms with E-state index in [1.54, 1.807) is 12.2 Å². The molecule has 1 saturated heterocycles. The molecule has 0 radical (unpaired) electrons. The molecule has 0 aromatic heterocycles. The van der Waals surface area contributed by atoms with Crippen LogP contribution in [0.1, 0.15) is 37.8 Å². The lowest BCUT2D eigenvalue weighted by atomic mass is 9.83. The Hall–Kier alpha value is -2.66. The van der Waals surface area contributed by atoms with Crippen molar-refractivity contribution in [3.8, 4) is 0 Å². The molecule has 2 heterocycles. The monoisotopic (exact) mass is 366 g/mol. The molecule has 2 amide bonds. The molecule has 5 heteroatoms. The van der Waals surface area contributed by atoms with Crippen LogP contribution in [0.15, 0.2) is 60.3 Å². The molecule has 1 fully saturated rings. The van der Waals surface area contributed by atoms with E-state index in [1.807, 2.05) is 24.0 Å². The quantitative estimate of drug-likeness (QED) is 0.658. The molecule has 3 rings (SSSR count). The number of likely N-dealkylation sites (tertiary alicyclic amines) is 1. The smallest absolute Gasteiger partial charge is 0.253 e. The lowest BCUT2D eigenvalue weighted by Gasteiger charge is -2.39.